The molecule has 4 heteroatoms. The fourth-order valence-corrected chi connectivity index (χ4v) is 2.70. The van der Waals surface area contributed by atoms with Crippen LogP contribution in [0, 0.1) is 11.8 Å². The number of amides is 1. The van der Waals surface area contributed by atoms with E-state index in [-0.39, 0.29) is 17.7 Å². The van der Waals surface area contributed by atoms with E-state index < -0.39 is 0 Å². The van der Waals surface area contributed by atoms with Crippen molar-refractivity contribution >= 4 is 5.91 Å². The first-order valence-electron chi connectivity index (χ1n) is 6.44. The minimum atomic E-state index is -0.0965. The van der Waals surface area contributed by atoms with Gasteiger partial charge in [0.15, 0.2) is 0 Å². The van der Waals surface area contributed by atoms with Crippen molar-refractivity contribution in [2.75, 3.05) is 6.54 Å². The van der Waals surface area contributed by atoms with Crippen LogP contribution in [-0.4, -0.2) is 33.5 Å². The van der Waals surface area contributed by atoms with E-state index in [0.29, 0.717) is 17.4 Å². The lowest BCUT2D eigenvalue weighted by atomic mass is 9.85. The molecule has 2 heterocycles. The number of hydrogen-bond donors (Lipinski definition) is 1. The summed E-state index contributed by atoms with van der Waals surface area (Å²) in [6.45, 7) is 7.17. The molecule has 3 atom stereocenters. The van der Waals surface area contributed by atoms with E-state index in [2.05, 4.69) is 25.8 Å². The average molecular weight is 248 g/mol. The quantitative estimate of drug-likeness (QED) is 0.829. The third-order valence-corrected chi connectivity index (χ3v) is 3.89. The first kappa shape index (κ1) is 12.9. The number of piperidine rings is 1. The van der Waals surface area contributed by atoms with Crippen LogP contribution in [0.3, 0.4) is 0 Å². The fourth-order valence-electron chi connectivity index (χ4n) is 2.70. The Morgan fingerprint density at radius 3 is 2.83 bits per heavy atom. The highest BCUT2D eigenvalue weighted by molar-refractivity contribution is 5.96. The van der Waals surface area contributed by atoms with Gasteiger partial charge in [0.1, 0.15) is 5.75 Å². The highest BCUT2D eigenvalue weighted by Gasteiger charge is 2.33. The Balaban J connectivity index is 2.25. The summed E-state index contributed by atoms with van der Waals surface area (Å²) in [6, 6.07) is 1.79. The molecule has 1 aromatic heterocycles. The van der Waals surface area contributed by atoms with Crippen molar-refractivity contribution in [1.82, 2.24) is 9.88 Å². The number of aromatic hydroxyl groups is 1. The summed E-state index contributed by atoms with van der Waals surface area (Å²) in [5.74, 6) is 0.854. The normalized spacial score (nSPS) is 28.2. The minimum absolute atomic E-state index is 0.0411. The first-order chi connectivity index (χ1) is 8.50. The molecule has 0 aromatic carbocycles. The first-order valence-corrected chi connectivity index (χ1v) is 6.44. The van der Waals surface area contributed by atoms with E-state index in [1.165, 1.54) is 12.4 Å². The summed E-state index contributed by atoms with van der Waals surface area (Å²) in [4.78, 5) is 18.1. The van der Waals surface area contributed by atoms with E-state index in [1.54, 1.807) is 6.07 Å². The molecule has 0 saturated carbocycles. The number of likely N-dealkylation sites (tertiary alicyclic amines) is 1. The van der Waals surface area contributed by atoms with E-state index in [0.717, 1.165) is 13.0 Å². The van der Waals surface area contributed by atoms with Crippen LogP contribution in [0.2, 0.25) is 0 Å². The van der Waals surface area contributed by atoms with Gasteiger partial charge in [-0.25, -0.2) is 0 Å². The SMILES string of the molecule is CC1CC(C)C(C)N(C(=O)c2ccncc2O)C1. The Labute approximate surface area is 108 Å². The van der Waals surface area contributed by atoms with Crippen LogP contribution in [0.4, 0.5) is 0 Å². The van der Waals surface area contributed by atoms with Gasteiger partial charge in [0.25, 0.3) is 5.91 Å². The predicted octanol–water partition coefficient (Wildman–Crippen LogP) is 2.29. The minimum Gasteiger partial charge on any atom is -0.505 e. The molecule has 0 aliphatic carbocycles. The summed E-state index contributed by atoms with van der Waals surface area (Å²) < 4.78 is 0. The molecule has 1 saturated heterocycles. The maximum Gasteiger partial charge on any atom is 0.257 e. The Kier molecular flexibility index (Phi) is 3.55. The van der Waals surface area contributed by atoms with E-state index in [4.69, 9.17) is 0 Å². The number of nitrogens with zero attached hydrogens (tertiary/aromatic N) is 2. The summed E-state index contributed by atoms with van der Waals surface area (Å²) in [6.07, 6.45) is 4.00. The monoisotopic (exact) mass is 248 g/mol. The summed E-state index contributed by atoms with van der Waals surface area (Å²) >= 11 is 0. The van der Waals surface area contributed by atoms with E-state index in [9.17, 15) is 9.90 Å². The van der Waals surface area contributed by atoms with Gasteiger partial charge in [-0.05, 0) is 31.2 Å². The maximum absolute atomic E-state index is 12.5. The molecule has 3 unspecified atom stereocenters. The number of pyridine rings is 1. The third kappa shape index (κ3) is 2.33. The Hall–Kier alpha value is -1.58. The highest BCUT2D eigenvalue weighted by atomic mass is 16.3. The zero-order valence-corrected chi connectivity index (χ0v) is 11.1. The second-order valence-corrected chi connectivity index (χ2v) is 5.41. The van der Waals surface area contributed by atoms with Gasteiger partial charge in [0, 0.05) is 18.8 Å². The molecule has 1 aliphatic heterocycles. The van der Waals surface area contributed by atoms with Gasteiger partial charge in [-0.15, -0.1) is 0 Å². The number of rotatable bonds is 1. The molecule has 2 rings (SSSR count). The molecule has 1 aliphatic rings. The molecule has 98 valence electrons. The molecule has 1 amide bonds. The molecule has 4 nitrogen and oxygen atoms in total. The second-order valence-electron chi connectivity index (χ2n) is 5.41. The lowest BCUT2D eigenvalue weighted by Crippen LogP contribution is -2.48. The third-order valence-electron chi connectivity index (χ3n) is 3.89. The molecule has 1 aromatic rings. The summed E-state index contributed by atoms with van der Waals surface area (Å²) in [5, 5.41) is 9.72. The molecule has 1 fully saturated rings. The van der Waals surface area contributed by atoms with Crippen molar-refractivity contribution in [3.05, 3.63) is 24.0 Å². The molecule has 0 spiro atoms. The predicted molar refractivity (Wildman–Crippen MR) is 69.3 cm³/mol. The van der Waals surface area contributed by atoms with Crippen molar-refractivity contribution in [3.8, 4) is 5.75 Å². The zero-order valence-electron chi connectivity index (χ0n) is 11.1. The van der Waals surface area contributed by atoms with Gasteiger partial charge in [-0.2, -0.15) is 0 Å². The standard InChI is InChI=1S/C14H20N2O2/c1-9-6-10(2)11(3)16(8-9)14(18)12-4-5-15-7-13(12)17/h4-5,7,9-11,17H,6,8H2,1-3H3. The molecule has 18 heavy (non-hydrogen) atoms. The molecule has 0 radical (unpaired) electrons. The van der Waals surface area contributed by atoms with Gasteiger partial charge in [0.05, 0.1) is 11.8 Å². The van der Waals surface area contributed by atoms with E-state index >= 15 is 0 Å². The lowest BCUT2D eigenvalue weighted by Gasteiger charge is -2.41. The van der Waals surface area contributed by atoms with E-state index in [1.807, 2.05) is 4.90 Å². The van der Waals surface area contributed by atoms with Gasteiger partial charge < -0.3 is 10.0 Å². The Bertz CT molecular complexity index is 447. The van der Waals surface area contributed by atoms with Crippen molar-refractivity contribution < 1.29 is 9.90 Å². The highest BCUT2D eigenvalue weighted by Crippen LogP contribution is 2.29. The largest absolute Gasteiger partial charge is 0.505 e. The molecule has 0 bridgehead atoms. The van der Waals surface area contributed by atoms with Crippen molar-refractivity contribution in [2.45, 2.75) is 33.2 Å². The van der Waals surface area contributed by atoms with Crippen molar-refractivity contribution in [2.24, 2.45) is 11.8 Å². The van der Waals surface area contributed by atoms with Crippen LogP contribution >= 0.6 is 0 Å². The van der Waals surface area contributed by atoms with Crippen molar-refractivity contribution in [1.29, 1.82) is 0 Å². The van der Waals surface area contributed by atoms with Gasteiger partial charge >= 0.3 is 0 Å². The fraction of sp³-hybridized carbons (Fsp3) is 0.571. The molecular formula is C14H20N2O2. The Morgan fingerprint density at radius 1 is 1.44 bits per heavy atom. The van der Waals surface area contributed by atoms with Crippen molar-refractivity contribution in [3.63, 3.8) is 0 Å². The number of carbonyl (C=O) groups is 1. The van der Waals surface area contributed by atoms with Crippen LogP contribution in [0.5, 0.6) is 5.75 Å². The van der Waals surface area contributed by atoms with Crippen LogP contribution in [0.25, 0.3) is 0 Å². The average Bonchev–Trinajstić information content (AvgIpc) is 2.33. The number of hydrogen-bond acceptors (Lipinski definition) is 3. The lowest BCUT2D eigenvalue weighted by molar-refractivity contribution is 0.0453. The molecular weight excluding hydrogens is 228 g/mol. The summed E-state index contributed by atoms with van der Waals surface area (Å²) in [5.41, 5.74) is 0.346. The van der Waals surface area contributed by atoms with Crippen LogP contribution in [0.15, 0.2) is 18.5 Å². The van der Waals surface area contributed by atoms with Gasteiger partial charge in [-0.3, -0.25) is 9.78 Å². The zero-order chi connectivity index (χ0) is 13.3. The molecule has 1 N–H and O–H groups in total. The van der Waals surface area contributed by atoms with Crippen LogP contribution in [0.1, 0.15) is 37.6 Å². The number of aromatic nitrogens is 1. The topological polar surface area (TPSA) is 53.4 Å². The number of carbonyl (C=O) groups excluding carboxylic acids is 1. The van der Waals surface area contributed by atoms with Crippen LogP contribution in [-0.2, 0) is 0 Å². The second kappa shape index (κ2) is 4.96. The maximum atomic E-state index is 12.5. The Morgan fingerprint density at radius 2 is 2.17 bits per heavy atom. The van der Waals surface area contributed by atoms with Gasteiger partial charge in [-0.1, -0.05) is 13.8 Å². The van der Waals surface area contributed by atoms with Crippen LogP contribution < -0.4 is 0 Å². The summed E-state index contributed by atoms with van der Waals surface area (Å²) in [7, 11) is 0. The smallest absolute Gasteiger partial charge is 0.257 e. The van der Waals surface area contributed by atoms with Gasteiger partial charge in [0.2, 0.25) is 0 Å².